The molecule has 1 aromatic rings. The maximum absolute atomic E-state index is 9.77. The van der Waals surface area contributed by atoms with Crippen LogP contribution in [0.15, 0.2) is 6.33 Å². The Balaban J connectivity index is 1.74. The summed E-state index contributed by atoms with van der Waals surface area (Å²) in [5.74, 6) is 1.06. The molecule has 2 atom stereocenters. The number of aromatic nitrogens is 3. The first kappa shape index (κ1) is 11.2. The fourth-order valence-electron chi connectivity index (χ4n) is 3.34. The van der Waals surface area contributed by atoms with Gasteiger partial charge in [0.2, 0.25) is 0 Å². The minimum atomic E-state index is -0.0900. The Morgan fingerprint density at radius 1 is 1.35 bits per heavy atom. The molecule has 0 aromatic carbocycles. The lowest BCUT2D eigenvalue weighted by atomic mass is 10.00. The van der Waals surface area contributed by atoms with Gasteiger partial charge in [-0.1, -0.05) is 0 Å². The van der Waals surface area contributed by atoms with E-state index in [9.17, 15) is 5.11 Å². The lowest BCUT2D eigenvalue weighted by molar-refractivity contribution is 0.0289. The van der Waals surface area contributed by atoms with Crippen LogP contribution >= 0.6 is 0 Å². The van der Waals surface area contributed by atoms with Gasteiger partial charge in [0.15, 0.2) is 0 Å². The standard InChI is InChI=1S/C12H20N4O/c1-2-16-12(13-8-14-16)7-15-9-3-4-10(15)6-11(17)5-9/h8-11,17H,2-7H2,1H3. The van der Waals surface area contributed by atoms with Gasteiger partial charge in [-0.3, -0.25) is 4.90 Å². The Morgan fingerprint density at radius 2 is 2.06 bits per heavy atom. The highest BCUT2D eigenvalue weighted by atomic mass is 16.3. The number of aryl methyl sites for hydroxylation is 1. The molecule has 3 heterocycles. The molecule has 0 saturated carbocycles. The second kappa shape index (κ2) is 4.38. The third kappa shape index (κ3) is 1.98. The van der Waals surface area contributed by atoms with Crippen molar-refractivity contribution in [2.45, 2.75) is 63.9 Å². The molecule has 0 amide bonds. The van der Waals surface area contributed by atoms with E-state index in [1.54, 1.807) is 6.33 Å². The molecule has 5 nitrogen and oxygen atoms in total. The van der Waals surface area contributed by atoms with E-state index in [4.69, 9.17) is 0 Å². The fourth-order valence-corrected chi connectivity index (χ4v) is 3.34. The van der Waals surface area contributed by atoms with Crippen LogP contribution < -0.4 is 0 Å². The number of hydrogen-bond acceptors (Lipinski definition) is 4. The average Bonchev–Trinajstić information content (AvgIpc) is 2.84. The van der Waals surface area contributed by atoms with Gasteiger partial charge in [0.1, 0.15) is 12.2 Å². The van der Waals surface area contributed by atoms with Gasteiger partial charge in [-0.05, 0) is 32.6 Å². The zero-order chi connectivity index (χ0) is 11.8. The molecule has 2 fully saturated rings. The molecule has 0 radical (unpaired) electrons. The summed E-state index contributed by atoms with van der Waals surface area (Å²) in [5, 5.41) is 14.0. The topological polar surface area (TPSA) is 54.2 Å². The molecule has 1 N–H and O–H groups in total. The lowest BCUT2D eigenvalue weighted by Gasteiger charge is -2.36. The van der Waals surface area contributed by atoms with Crippen LogP contribution in [0.1, 0.15) is 38.4 Å². The molecule has 0 spiro atoms. The monoisotopic (exact) mass is 236 g/mol. The Bertz CT molecular complexity index is 378. The SMILES string of the molecule is CCn1ncnc1CN1C2CCC1CC(O)C2. The Hall–Kier alpha value is -0.940. The van der Waals surface area contributed by atoms with E-state index in [0.717, 1.165) is 31.8 Å². The van der Waals surface area contributed by atoms with Crippen molar-refractivity contribution in [2.75, 3.05) is 0 Å². The van der Waals surface area contributed by atoms with Crippen LogP contribution in [0.3, 0.4) is 0 Å². The highest BCUT2D eigenvalue weighted by molar-refractivity contribution is 4.98. The van der Waals surface area contributed by atoms with E-state index in [-0.39, 0.29) is 6.10 Å². The molecule has 2 bridgehead atoms. The van der Waals surface area contributed by atoms with Crippen LogP contribution in [0.25, 0.3) is 0 Å². The van der Waals surface area contributed by atoms with E-state index in [2.05, 4.69) is 21.9 Å². The van der Waals surface area contributed by atoms with Crippen molar-refractivity contribution < 1.29 is 5.11 Å². The van der Waals surface area contributed by atoms with Crippen molar-refractivity contribution in [1.29, 1.82) is 0 Å². The summed E-state index contributed by atoms with van der Waals surface area (Å²) in [4.78, 5) is 6.86. The first-order valence-electron chi connectivity index (χ1n) is 6.58. The van der Waals surface area contributed by atoms with Crippen LogP contribution in [0, 0.1) is 0 Å². The van der Waals surface area contributed by atoms with Crippen LogP contribution in [0.5, 0.6) is 0 Å². The van der Waals surface area contributed by atoms with Gasteiger partial charge in [-0.2, -0.15) is 5.10 Å². The van der Waals surface area contributed by atoms with E-state index >= 15 is 0 Å². The third-order valence-electron chi connectivity index (χ3n) is 4.18. The molecule has 3 rings (SSSR count). The lowest BCUT2D eigenvalue weighted by Crippen LogP contribution is -2.44. The molecule has 2 aliphatic heterocycles. The van der Waals surface area contributed by atoms with Crippen molar-refractivity contribution in [1.82, 2.24) is 19.7 Å². The first-order valence-corrected chi connectivity index (χ1v) is 6.58. The number of rotatable bonds is 3. The molecule has 1 aromatic heterocycles. The van der Waals surface area contributed by atoms with Crippen LogP contribution in [-0.4, -0.2) is 43.0 Å². The minimum absolute atomic E-state index is 0.0900. The van der Waals surface area contributed by atoms with E-state index in [1.165, 1.54) is 12.8 Å². The zero-order valence-corrected chi connectivity index (χ0v) is 10.3. The zero-order valence-electron chi connectivity index (χ0n) is 10.3. The van der Waals surface area contributed by atoms with Crippen molar-refractivity contribution in [2.24, 2.45) is 0 Å². The van der Waals surface area contributed by atoms with Gasteiger partial charge in [0, 0.05) is 18.6 Å². The van der Waals surface area contributed by atoms with Crippen molar-refractivity contribution in [3.05, 3.63) is 12.2 Å². The second-order valence-corrected chi connectivity index (χ2v) is 5.17. The number of fused-ring (bicyclic) bond motifs is 2. The van der Waals surface area contributed by atoms with Gasteiger partial charge in [-0.15, -0.1) is 0 Å². The normalized spacial score (nSPS) is 33.2. The van der Waals surface area contributed by atoms with Gasteiger partial charge < -0.3 is 5.11 Å². The van der Waals surface area contributed by atoms with Crippen molar-refractivity contribution >= 4 is 0 Å². The van der Waals surface area contributed by atoms with E-state index < -0.39 is 0 Å². The van der Waals surface area contributed by atoms with Crippen LogP contribution in [0.4, 0.5) is 0 Å². The number of aliphatic hydroxyl groups is 1. The predicted octanol–water partition coefficient (Wildman–Crippen LogP) is 0.786. The maximum atomic E-state index is 9.77. The molecule has 17 heavy (non-hydrogen) atoms. The number of hydrogen-bond donors (Lipinski definition) is 1. The average molecular weight is 236 g/mol. The minimum Gasteiger partial charge on any atom is -0.393 e. The maximum Gasteiger partial charge on any atom is 0.141 e. The summed E-state index contributed by atoms with van der Waals surface area (Å²) in [7, 11) is 0. The van der Waals surface area contributed by atoms with E-state index in [0.29, 0.717) is 12.1 Å². The Labute approximate surface area is 101 Å². The molecular formula is C12H20N4O. The quantitative estimate of drug-likeness (QED) is 0.843. The Morgan fingerprint density at radius 3 is 2.71 bits per heavy atom. The van der Waals surface area contributed by atoms with Gasteiger partial charge >= 0.3 is 0 Å². The molecule has 2 unspecified atom stereocenters. The first-order chi connectivity index (χ1) is 8.28. The molecule has 94 valence electrons. The highest BCUT2D eigenvalue weighted by Crippen LogP contribution is 2.36. The molecule has 2 aliphatic rings. The third-order valence-corrected chi connectivity index (χ3v) is 4.18. The van der Waals surface area contributed by atoms with Gasteiger partial charge in [0.25, 0.3) is 0 Å². The number of aliphatic hydroxyl groups excluding tert-OH is 1. The summed E-state index contributed by atoms with van der Waals surface area (Å²) >= 11 is 0. The molecular weight excluding hydrogens is 216 g/mol. The second-order valence-electron chi connectivity index (χ2n) is 5.17. The highest BCUT2D eigenvalue weighted by Gasteiger charge is 2.40. The predicted molar refractivity (Wildman–Crippen MR) is 63.3 cm³/mol. The Kier molecular flexibility index (Phi) is 2.88. The summed E-state index contributed by atoms with van der Waals surface area (Å²) in [6.07, 6.45) is 5.85. The number of nitrogens with zero attached hydrogens (tertiary/aromatic N) is 4. The fraction of sp³-hybridized carbons (Fsp3) is 0.833. The largest absolute Gasteiger partial charge is 0.393 e. The van der Waals surface area contributed by atoms with Crippen molar-refractivity contribution in [3.63, 3.8) is 0 Å². The van der Waals surface area contributed by atoms with E-state index in [1.807, 2.05) is 4.68 Å². The summed E-state index contributed by atoms with van der Waals surface area (Å²) in [6, 6.07) is 1.09. The van der Waals surface area contributed by atoms with Crippen molar-refractivity contribution in [3.8, 4) is 0 Å². The summed E-state index contributed by atoms with van der Waals surface area (Å²) in [6.45, 7) is 3.85. The molecule has 0 aliphatic carbocycles. The van der Waals surface area contributed by atoms with Gasteiger partial charge in [0.05, 0.1) is 12.6 Å². The van der Waals surface area contributed by atoms with Gasteiger partial charge in [-0.25, -0.2) is 9.67 Å². The summed E-state index contributed by atoms with van der Waals surface area (Å²) < 4.78 is 1.96. The van der Waals surface area contributed by atoms with Crippen LogP contribution in [0.2, 0.25) is 0 Å². The smallest absolute Gasteiger partial charge is 0.141 e. The van der Waals surface area contributed by atoms with Crippen LogP contribution in [-0.2, 0) is 13.1 Å². The number of piperidine rings is 1. The summed E-state index contributed by atoms with van der Waals surface area (Å²) in [5.41, 5.74) is 0. The molecule has 5 heteroatoms. The molecule has 2 saturated heterocycles.